The van der Waals surface area contributed by atoms with Crippen LogP contribution in [0.5, 0.6) is 0 Å². The Morgan fingerprint density at radius 2 is 2.25 bits per heavy atom. The molecule has 24 heavy (non-hydrogen) atoms. The average molecular weight is 341 g/mol. The van der Waals surface area contributed by atoms with Gasteiger partial charge in [0.2, 0.25) is 0 Å². The van der Waals surface area contributed by atoms with Crippen molar-refractivity contribution in [1.82, 2.24) is 21.1 Å². The molecule has 0 aromatic carbocycles. The van der Waals surface area contributed by atoms with Crippen molar-refractivity contribution in [2.45, 2.75) is 31.8 Å². The molecular formula is C17H19N5OS. The molecule has 3 aliphatic heterocycles. The van der Waals surface area contributed by atoms with Crippen LogP contribution in [0.2, 0.25) is 0 Å². The zero-order valence-corrected chi connectivity index (χ0v) is 14.0. The maximum absolute atomic E-state index is 10.6. The summed E-state index contributed by atoms with van der Waals surface area (Å²) in [7, 11) is 0. The Bertz CT molecular complexity index is 819. The van der Waals surface area contributed by atoms with E-state index in [4.69, 9.17) is 0 Å². The maximum atomic E-state index is 10.6. The van der Waals surface area contributed by atoms with E-state index in [9.17, 15) is 5.11 Å². The molecule has 0 spiro atoms. The van der Waals surface area contributed by atoms with Crippen molar-refractivity contribution in [3.8, 4) is 0 Å². The van der Waals surface area contributed by atoms with Crippen LogP contribution in [0.15, 0.2) is 40.5 Å². The lowest BCUT2D eigenvalue weighted by Crippen LogP contribution is -2.37. The van der Waals surface area contributed by atoms with E-state index < -0.39 is 0 Å². The van der Waals surface area contributed by atoms with Crippen LogP contribution < -0.4 is 16.1 Å². The monoisotopic (exact) mass is 341 g/mol. The zero-order chi connectivity index (χ0) is 16.1. The van der Waals surface area contributed by atoms with E-state index in [1.165, 1.54) is 28.8 Å². The molecule has 0 saturated carbocycles. The summed E-state index contributed by atoms with van der Waals surface area (Å²) >= 11 is 1.82. The number of hydrogen-bond acceptors (Lipinski definition) is 7. The summed E-state index contributed by atoms with van der Waals surface area (Å²) in [6.45, 7) is 0.730. The second-order valence-corrected chi connectivity index (χ2v) is 7.42. The summed E-state index contributed by atoms with van der Waals surface area (Å²) in [6.07, 6.45) is 12.3. The Morgan fingerprint density at radius 1 is 1.33 bits per heavy atom. The number of hydrogen-bond donors (Lipinski definition) is 4. The van der Waals surface area contributed by atoms with Crippen LogP contribution in [0, 0.1) is 0 Å². The van der Waals surface area contributed by atoms with Gasteiger partial charge in [-0.1, -0.05) is 0 Å². The Hall–Kier alpha value is -2.25. The Kier molecular flexibility index (Phi) is 3.17. The fourth-order valence-corrected chi connectivity index (χ4v) is 5.01. The molecule has 0 amide bonds. The third kappa shape index (κ3) is 2.08. The van der Waals surface area contributed by atoms with E-state index in [0.29, 0.717) is 0 Å². The standard InChI is InChI=1S/C17H19N5OS/c23-15-11(6-8-22-12(15)5-7-20-22)21-16-14-10-3-1-2-4-13(10)24-17(14)19-9-18-16/h5-6,8-9,16,20-21,23H,1-4,7H2,(H,18,19). The first-order valence-corrected chi connectivity index (χ1v) is 9.17. The van der Waals surface area contributed by atoms with Gasteiger partial charge in [0.15, 0.2) is 5.76 Å². The summed E-state index contributed by atoms with van der Waals surface area (Å²) in [5.74, 6) is 0.275. The highest BCUT2D eigenvalue weighted by atomic mass is 32.1. The van der Waals surface area contributed by atoms with Gasteiger partial charge in [-0.25, -0.2) is 10.4 Å². The molecule has 0 radical (unpaired) electrons. The van der Waals surface area contributed by atoms with Gasteiger partial charge in [0.25, 0.3) is 0 Å². The summed E-state index contributed by atoms with van der Waals surface area (Å²) in [6, 6.07) is 0. The van der Waals surface area contributed by atoms with Gasteiger partial charge in [-0.2, -0.15) is 0 Å². The first-order valence-electron chi connectivity index (χ1n) is 8.35. The number of aryl methyl sites for hydroxylation is 1. The fraction of sp³-hybridized carbons (Fsp3) is 0.353. The van der Waals surface area contributed by atoms with E-state index in [0.717, 1.165) is 35.8 Å². The van der Waals surface area contributed by atoms with Gasteiger partial charge in [0, 0.05) is 23.2 Å². The average Bonchev–Trinajstić information content (AvgIpc) is 3.22. The predicted octanol–water partition coefficient (Wildman–Crippen LogP) is 2.48. The smallest absolute Gasteiger partial charge is 0.163 e. The number of rotatable bonds is 2. The van der Waals surface area contributed by atoms with Crippen LogP contribution in [0.4, 0.5) is 5.00 Å². The van der Waals surface area contributed by atoms with Gasteiger partial charge in [0.05, 0.1) is 17.7 Å². The Labute approximate surface area is 144 Å². The van der Waals surface area contributed by atoms with E-state index in [1.807, 2.05) is 34.7 Å². The van der Waals surface area contributed by atoms with Crippen LogP contribution in [0.25, 0.3) is 0 Å². The third-order valence-corrected chi connectivity index (χ3v) is 6.12. The molecule has 1 atom stereocenters. The van der Waals surface area contributed by atoms with Gasteiger partial charge in [-0.3, -0.25) is 5.01 Å². The molecule has 1 aromatic heterocycles. The second-order valence-electron chi connectivity index (χ2n) is 6.33. The van der Waals surface area contributed by atoms with Gasteiger partial charge < -0.3 is 15.7 Å². The van der Waals surface area contributed by atoms with Crippen LogP contribution in [-0.4, -0.2) is 23.0 Å². The minimum atomic E-state index is -0.0566. The first-order chi connectivity index (χ1) is 11.8. The first kappa shape index (κ1) is 14.1. The highest BCUT2D eigenvalue weighted by Crippen LogP contribution is 2.43. The van der Waals surface area contributed by atoms with Gasteiger partial charge >= 0.3 is 0 Å². The number of aliphatic imine (C=N–C) groups is 1. The number of aliphatic hydroxyl groups excluding tert-OH is 1. The molecule has 5 rings (SSSR count). The van der Waals surface area contributed by atoms with Crippen molar-refractivity contribution in [1.29, 1.82) is 0 Å². The fourth-order valence-electron chi connectivity index (χ4n) is 3.74. The maximum Gasteiger partial charge on any atom is 0.163 e. The quantitative estimate of drug-likeness (QED) is 0.665. The lowest BCUT2D eigenvalue weighted by Gasteiger charge is -2.29. The number of hydrazine groups is 1. The van der Waals surface area contributed by atoms with E-state index >= 15 is 0 Å². The minimum Gasteiger partial charge on any atom is -0.504 e. The van der Waals surface area contributed by atoms with Crippen molar-refractivity contribution in [3.63, 3.8) is 0 Å². The van der Waals surface area contributed by atoms with Crippen molar-refractivity contribution < 1.29 is 5.11 Å². The van der Waals surface area contributed by atoms with Crippen molar-refractivity contribution in [2.24, 2.45) is 4.99 Å². The van der Waals surface area contributed by atoms with E-state index in [1.54, 1.807) is 6.34 Å². The highest BCUT2D eigenvalue weighted by molar-refractivity contribution is 7.16. The molecule has 1 aliphatic carbocycles. The molecule has 0 saturated heterocycles. The van der Waals surface area contributed by atoms with Crippen molar-refractivity contribution in [3.05, 3.63) is 51.5 Å². The van der Waals surface area contributed by atoms with Crippen molar-refractivity contribution in [2.75, 3.05) is 6.54 Å². The van der Waals surface area contributed by atoms with Gasteiger partial charge in [0.1, 0.15) is 11.2 Å². The molecule has 4 aliphatic rings. The van der Waals surface area contributed by atoms with Crippen molar-refractivity contribution >= 4 is 22.7 Å². The minimum absolute atomic E-state index is 0.0566. The van der Waals surface area contributed by atoms with Gasteiger partial charge in [-0.15, -0.1) is 11.3 Å². The number of thiophene rings is 1. The summed E-state index contributed by atoms with van der Waals surface area (Å²) < 4.78 is 0. The predicted molar refractivity (Wildman–Crippen MR) is 94.8 cm³/mol. The van der Waals surface area contributed by atoms with E-state index in [2.05, 4.69) is 21.1 Å². The number of aliphatic hydroxyl groups is 1. The largest absolute Gasteiger partial charge is 0.504 e. The molecule has 6 nitrogen and oxygen atoms in total. The molecule has 4 heterocycles. The molecule has 1 aromatic rings. The normalized spacial score (nSPS) is 24.2. The molecule has 0 bridgehead atoms. The molecule has 1 unspecified atom stereocenters. The second kappa shape index (κ2) is 5.39. The highest BCUT2D eigenvalue weighted by Gasteiger charge is 2.30. The third-order valence-electron chi connectivity index (χ3n) is 4.91. The lowest BCUT2D eigenvalue weighted by molar-refractivity contribution is 0.320. The molecule has 4 N–H and O–H groups in total. The number of allylic oxidation sites excluding steroid dienone is 1. The SMILES string of the molecule is OC1=C(NC2NC=Nc3sc4c(c32)CCCC4)C=CN2NCC=C12. The van der Waals surface area contributed by atoms with Crippen LogP contribution >= 0.6 is 11.3 Å². The van der Waals surface area contributed by atoms with Gasteiger partial charge in [-0.05, 0) is 43.4 Å². The summed E-state index contributed by atoms with van der Waals surface area (Å²) in [5.41, 5.74) is 7.40. The number of fused-ring (bicyclic) bond motifs is 4. The topological polar surface area (TPSA) is 71.9 Å². The summed E-state index contributed by atoms with van der Waals surface area (Å²) in [5, 5.41) is 20.3. The Balaban J connectivity index is 1.49. The van der Waals surface area contributed by atoms with Crippen LogP contribution in [0.1, 0.15) is 35.0 Å². The lowest BCUT2D eigenvalue weighted by atomic mass is 9.94. The zero-order valence-electron chi connectivity index (χ0n) is 13.2. The van der Waals surface area contributed by atoms with E-state index in [-0.39, 0.29) is 11.9 Å². The Morgan fingerprint density at radius 3 is 3.21 bits per heavy atom. The molecule has 0 fully saturated rings. The summed E-state index contributed by atoms with van der Waals surface area (Å²) in [4.78, 5) is 6.01. The number of nitrogens with one attached hydrogen (secondary N) is 3. The van der Waals surface area contributed by atoms with Crippen LogP contribution in [0.3, 0.4) is 0 Å². The molecule has 7 heteroatoms. The number of nitrogens with zero attached hydrogens (tertiary/aromatic N) is 2. The van der Waals surface area contributed by atoms with Crippen LogP contribution in [-0.2, 0) is 12.8 Å². The molecular weight excluding hydrogens is 322 g/mol. The molecule has 124 valence electrons.